The van der Waals surface area contributed by atoms with Crippen LogP contribution in [0.15, 0.2) is 72.8 Å². The van der Waals surface area contributed by atoms with E-state index >= 15 is 0 Å². The van der Waals surface area contributed by atoms with Gasteiger partial charge >= 0.3 is 0 Å². The first-order valence-electron chi connectivity index (χ1n) is 13.0. The largest absolute Gasteiger partial charge is 0.496 e. The molecule has 5 nitrogen and oxygen atoms in total. The summed E-state index contributed by atoms with van der Waals surface area (Å²) in [7, 11) is 1.58. The number of methoxy groups -OCH3 is 1. The van der Waals surface area contributed by atoms with Crippen LogP contribution in [0.3, 0.4) is 0 Å². The monoisotopic (exact) mass is 483 g/mol. The summed E-state index contributed by atoms with van der Waals surface area (Å²) in [5.41, 5.74) is 5.50. The number of unbranched alkanes of at least 4 members (excludes halogenated alkanes) is 2. The third kappa shape index (κ3) is 6.14. The van der Waals surface area contributed by atoms with Gasteiger partial charge in [0.25, 0.3) is 5.91 Å². The first-order valence-corrected chi connectivity index (χ1v) is 13.0. The number of hydrogen-bond donors (Lipinski definition) is 1. The number of nitrogens with zero attached hydrogens (tertiary/aromatic N) is 2. The van der Waals surface area contributed by atoms with Gasteiger partial charge in [-0.05, 0) is 60.6 Å². The molecule has 1 N–H and O–H groups in total. The number of rotatable bonds is 12. The van der Waals surface area contributed by atoms with Crippen molar-refractivity contribution >= 4 is 16.9 Å². The van der Waals surface area contributed by atoms with Crippen LogP contribution >= 0.6 is 0 Å². The van der Waals surface area contributed by atoms with Crippen LogP contribution in [0.2, 0.25) is 0 Å². The molecule has 0 aliphatic carbocycles. The van der Waals surface area contributed by atoms with Crippen molar-refractivity contribution in [3.05, 3.63) is 95.3 Å². The van der Waals surface area contributed by atoms with E-state index in [0.29, 0.717) is 23.8 Å². The lowest BCUT2D eigenvalue weighted by Gasteiger charge is -2.12. The third-order valence-corrected chi connectivity index (χ3v) is 6.95. The molecule has 0 bridgehead atoms. The molecule has 188 valence electrons. The van der Waals surface area contributed by atoms with E-state index in [2.05, 4.69) is 72.3 Å². The molecular weight excluding hydrogens is 446 g/mol. The Morgan fingerprint density at radius 2 is 1.72 bits per heavy atom. The van der Waals surface area contributed by atoms with Crippen LogP contribution in [-0.2, 0) is 13.0 Å². The van der Waals surface area contributed by atoms with Crippen LogP contribution < -0.4 is 10.1 Å². The average Bonchev–Trinajstić information content (AvgIpc) is 3.27. The van der Waals surface area contributed by atoms with Gasteiger partial charge in [-0.25, -0.2) is 4.98 Å². The molecule has 0 aliphatic rings. The summed E-state index contributed by atoms with van der Waals surface area (Å²) in [4.78, 5) is 17.4. The smallest absolute Gasteiger partial charge is 0.255 e. The highest BCUT2D eigenvalue weighted by molar-refractivity contribution is 5.96. The number of fused-ring (bicyclic) bond motifs is 1. The molecule has 1 amide bonds. The Kier molecular flexibility index (Phi) is 8.77. The van der Waals surface area contributed by atoms with Gasteiger partial charge in [-0.1, -0.05) is 68.8 Å². The number of aromatic nitrogens is 2. The fraction of sp³-hybridized carbons (Fsp3) is 0.355. The van der Waals surface area contributed by atoms with Gasteiger partial charge in [0.1, 0.15) is 11.6 Å². The molecule has 5 heteroatoms. The van der Waals surface area contributed by atoms with Crippen molar-refractivity contribution in [2.75, 3.05) is 13.7 Å². The molecule has 3 aromatic carbocycles. The maximum atomic E-state index is 12.5. The van der Waals surface area contributed by atoms with E-state index in [9.17, 15) is 4.79 Å². The van der Waals surface area contributed by atoms with Gasteiger partial charge in [0.15, 0.2) is 0 Å². The van der Waals surface area contributed by atoms with Gasteiger partial charge in [0.05, 0.1) is 23.7 Å². The van der Waals surface area contributed by atoms with E-state index in [4.69, 9.17) is 9.72 Å². The van der Waals surface area contributed by atoms with Crippen molar-refractivity contribution in [3.63, 3.8) is 0 Å². The second-order valence-electron chi connectivity index (χ2n) is 9.42. The quantitative estimate of drug-likeness (QED) is 0.227. The first kappa shape index (κ1) is 25.5. The van der Waals surface area contributed by atoms with Gasteiger partial charge < -0.3 is 14.6 Å². The zero-order chi connectivity index (χ0) is 25.3. The van der Waals surface area contributed by atoms with Crippen LogP contribution in [0, 0.1) is 0 Å². The van der Waals surface area contributed by atoms with Crippen LogP contribution in [0.5, 0.6) is 5.75 Å². The van der Waals surface area contributed by atoms with Gasteiger partial charge in [-0.3, -0.25) is 4.79 Å². The molecule has 0 saturated heterocycles. The molecular formula is C31H37N3O2. The number of carbonyl (C=O) groups excluding carboxylic acids is 1. The Morgan fingerprint density at radius 1 is 0.972 bits per heavy atom. The van der Waals surface area contributed by atoms with Gasteiger partial charge in [0, 0.05) is 19.5 Å². The van der Waals surface area contributed by atoms with Gasteiger partial charge in [-0.15, -0.1) is 0 Å². The molecule has 1 aromatic heterocycles. The van der Waals surface area contributed by atoms with Crippen molar-refractivity contribution in [2.45, 2.75) is 58.4 Å². The number of hydrogen-bond acceptors (Lipinski definition) is 3. The average molecular weight is 484 g/mol. The minimum absolute atomic E-state index is 0.0893. The van der Waals surface area contributed by atoms with Crippen molar-refractivity contribution in [3.8, 4) is 5.75 Å². The lowest BCUT2D eigenvalue weighted by atomic mass is 9.97. The highest BCUT2D eigenvalue weighted by Crippen LogP contribution is 2.22. The maximum Gasteiger partial charge on any atom is 0.255 e. The Bertz CT molecular complexity index is 1280. The number of benzene rings is 3. The van der Waals surface area contributed by atoms with E-state index < -0.39 is 0 Å². The number of carbonyl (C=O) groups is 1. The molecule has 0 fully saturated rings. The lowest BCUT2D eigenvalue weighted by Crippen LogP contribution is -2.24. The molecule has 4 aromatic rings. The SMILES string of the molecule is CCC(C)c1ccc(Cn2c(CCCCCNC(=O)c3ccccc3OC)nc3ccccc32)cc1. The van der Waals surface area contributed by atoms with E-state index in [1.807, 2.05) is 12.1 Å². The molecule has 0 aliphatic heterocycles. The predicted octanol–water partition coefficient (Wildman–Crippen LogP) is 6.75. The van der Waals surface area contributed by atoms with E-state index in [1.54, 1.807) is 19.2 Å². The van der Waals surface area contributed by atoms with Crippen molar-refractivity contribution in [1.29, 1.82) is 0 Å². The molecule has 0 spiro atoms. The van der Waals surface area contributed by atoms with Gasteiger partial charge in [-0.2, -0.15) is 0 Å². The number of ether oxygens (including phenoxy) is 1. The van der Waals surface area contributed by atoms with Crippen LogP contribution in [0.4, 0.5) is 0 Å². The summed E-state index contributed by atoms with van der Waals surface area (Å²) < 4.78 is 7.65. The molecule has 4 rings (SSSR count). The van der Waals surface area contributed by atoms with Gasteiger partial charge in [0.2, 0.25) is 0 Å². The zero-order valence-corrected chi connectivity index (χ0v) is 21.7. The summed E-state index contributed by atoms with van der Waals surface area (Å²) in [5.74, 6) is 2.22. The Morgan fingerprint density at radius 3 is 2.50 bits per heavy atom. The highest BCUT2D eigenvalue weighted by atomic mass is 16.5. The predicted molar refractivity (Wildman–Crippen MR) is 147 cm³/mol. The van der Waals surface area contributed by atoms with Crippen molar-refractivity contribution in [2.24, 2.45) is 0 Å². The number of amides is 1. The molecule has 1 atom stereocenters. The summed E-state index contributed by atoms with van der Waals surface area (Å²) >= 11 is 0. The van der Waals surface area contributed by atoms with E-state index in [1.165, 1.54) is 16.6 Å². The fourth-order valence-corrected chi connectivity index (χ4v) is 4.58. The Hall–Kier alpha value is -3.60. The fourth-order valence-electron chi connectivity index (χ4n) is 4.58. The van der Waals surface area contributed by atoms with E-state index in [0.717, 1.165) is 50.0 Å². The number of imidazole rings is 1. The van der Waals surface area contributed by atoms with Crippen LogP contribution in [-0.4, -0.2) is 29.1 Å². The minimum Gasteiger partial charge on any atom is -0.496 e. The summed E-state index contributed by atoms with van der Waals surface area (Å²) in [6.07, 6.45) is 5.05. The molecule has 0 saturated carbocycles. The number of aryl methyl sites for hydroxylation is 1. The summed E-state index contributed by atoms with van der Waals surface area (Å²) in [6, 6.07) is 24.7. The standard InChI is InChI=1S/C31H37N3O2/c1-4-23(2)25-19-17-24(18-20-25)22-34-28-14-9-8-13-27(28)33-30(34)16-6-5-11-21-32-31(35)26-12-7-10-15-29(26)36-3/h7-10,12-15,17-20,23H,4-6,11,16,21-22H2,1-3H3,(H,32,35). The van der Waals surface area contributed by atoms with Crippen molar-refractivity contribution < 1.29 is 9.53 Å². The first-order chi connectivity index (χ1) is 17.6. The topological polar surface area (TPSA) is 56.2 Å². The van der Waals surface area contributed by atoms with Crippen LogP contribution in [0.1, 0.15) is 72.8 Å². The second-order valence-corrected chi connectivity index (χ2v) is 9.42. The Labute approximate surface area is 214 Å². The molecule has 1 heterocycles. The number of para-hydroxylation sites is 3. The molecule has 36 heavy (non-hydrogen) atoms. The van der Waals surface area contributed by atoms with Crippen molar-refractivity contribution in [1.82, 2.24) is 14.9 Å². The maximum absolute atomic E-state index is 12.5. The third-order valence-electron chi connectivity index (χ3n) is 6.95. The minimum atomic E-state index is -0.0893. The molecule has 1 unspecified atom stereocenters. The zero-order valence-electron chi connectivity index (χ0n) is 21.7. The lowest BCUT2D eigenvalue weighted by molar-refractivity contribution is 0.0950. The summed E-state index contributed by atoms with van der Waals surface area (Å²) in [6.45, 7) is 5.98. The second kappa shape index (κ2) is 12.4. The Balaban J connectivity index is 1.33. The molecule has 0 radical (unpaired) electrons. The normalized spacial score (nSPS) is 12.0. The summed E-state index contributed by atoms with van der Waals surface area (Å²) in [5, 5.41) is 3.01. The number of nitrogens with one attached hydrogen (secondary N) is 1. The van der Waals surface area contributed by atoms with E-state index in [-0.39, 0.29) is 5.91 Å². The highest BCUT2D eigenvalue weighted by Gasteiger charge is 2.13. The van der Waals surface area contributed by atoms with Crippen LogP contribution in [0.25, 0.3) is 11.0 Å².